The molecule has 1 aromatic carbocycles. The zero-order valence-electron chi connectivity index (χ0n) is 12.8. The summed E-state index contributed by atoms with van der Waals surface area (Å²) in [5, 5.41) is 11.7. The second-order valence-electron chi connectivity index (χ2n) is 5.11. The number of hydrogen-bond donors (Lipinski definition) is 2. The van der Waals surface area contributed by atoms with Crippen LogP contribution in [0.2, 0.25) is 0 Å². The number of carbonyl (C=O) groups is 2. The number of carboxylic acid groups (broad SMARTS) is 1. The van der Waals surface area contributed by atoms with E-state index in [1.165, 1.54) is 17.0 Å². The molecule has 0 saturated heterocycles. The molecule has 1 rings (SSSR count). The van der Waals surface area contributed by atoms with Gasteiger partial charge in [0.05, 0.1) is 18.3 Å². The minimum absolute atomic E-state index is 0.132. The molecule has 0 heterocycles. The Morgan fingerprint density at radius 3 is 2.57 bits per heavy atom. The Bertz CT molecular complexity index is 514. The fourth-order valence-electron chi connectivity index (χ4n) is 1.67. The largest absolute Gasteiger partial charge is 0.478 e. The van der Waals surface area contributed by atoms with Crippen molar-refractivity contribution in [2.75, 3.05) is 25.5 Å². The molecule has 0 aliphatic rings. The van der Waals surface area contributed by atoms with E-state index in [1.807, 2.05) is 13.8 Å². The molecule has 0 radical (unpaired) electrons. The number of rotatable bonds is 6. The Kier molecular flexibility index (Phi) is 6.17. The number of aromatic carboxylic acids is 1. The first-order valence-electron chi connectivity index (χ1n) is 6.79. The molecule has 21 heavy (non-hydrogen) atoms. The van der Waals surface area contributed by atoms with Gasteiger partial charge in [-0.05, 0) is 44.5 Å². The Hall–Kier alpha value is -2.08. The smallest absolute Gasteiger partial charge is 0.335 e. The van der Waals surface area contributed by atoms with Crippen molar-refractivity contribution < 1.29 is 19.4 Å². The zero-order chi connectivity index (χ0) is 16.0. The molecule has 0 bridgehead atoms. The molecule has 0 unspecified atom stereocenters. The molecule has 6 nitrogen and oxygen atoms in total. The summed E-state index contributed by atoms with van der Waals surface area (Å²) in [5.41, 5.74) is 1.50. The minimum Gasteiger partial charge on any atom is -0.478 e. The number of aryl methyl sites for hydroxylation is 1. The number of likely N-dealkylation sites (N-methyl/N-ethyl adjacent to an activating group) is 1. The van der Waals surface area contributed by atoms with Crippen LogP contribution in [-0.4, -0.2) is 48.3 Å². The average molecular weight is 294 g/mol. The van der Waals surface area contributed by atoms with Gasteiger partial charge < -0.3 is 20.1 Å². The maximum atomic E-state index is 12.0. The SMILES string of the molecule is Cc1cc(C(=O)O)ccc1NC(=O)N(C)CCOC(C)C. The van der Waals surface area contributed by atoms with Gasteiger partial charge in [0.25, 0.3) is 0 Å². The minimum atomic E-state index is -0.987. The summed E-state index contributed by atoms with van der Waals surface area (Å²) in [6, 6.07) is 4.33. The molecule has 6 heteroatoms. The van der Waals surface area contributed by atoms with Crippen molar-refractivity contribution in [3.8, 4) is 0 Å². The van der Waals surface area contributed by atoms with Crippen LogP contribution in [0.5, 0.6) is 0 Å². The number of carbonyl (C=O) groups excluding carboxylic acids is 1. The summed E-state index contributed by atoms with van der Waals surface area (Å²) in [7, 11) is 1.68. The summed E-state index contributed by atoms with van der Waals surface area (Å²) in [5.74, 6) is -0.987. The number of anilines is 1. The van der Waals surface area contributed by atoms with E-state index in [1.54, 1.807) is 20.0 Å². The number of benzene rings is 1. The highest BCUT2D eigenvalue weighted by molar-refractivity contribution is 5.92. The normalized spacial score (nSPS) is 10.5. The van der Waals surface area contributed by atoms with Gasteiger partial charge in [0.1, 0.15) is 0 Å². The van der Waals surface area contributed by atoms with Gasteiger partial charge >= 0.3 is 12.0 Å². The molecule has 0 aliphatic heterocycles. The highest BCUT2D eigenvalue weighted by atomic mass is 16.5. The Morgan fingerprint density at radius 2 is 2.05 bits per heavy atom. The highest BCUT2D eigenvalue weighted by Gasteiger charge is 2.11. The first-order valence-corrected chi connectivity index (χ1v) is 6.79. The third-order valence-electron chi connectivity index (χ3n) is 2.94. The lowest BCUT2D eigenvalue weighted by atomic mass is 10.1. The molecule has 2 amide bonds. The van der Waals surface area contributed by atoms with Crippen molar-refractivity contribution in [3.05, 3.63) is 29.3 Å². The number of amides is 2. The standard InChI is InChI=1S/C15H22N2O4/c1-10(2)21-8-7-17(4)15(20)16-13-6-5-12(14(18)19)9-11(13)3/h5-6,9-10H,7-8H2,1-4H3,(H,16,20)(H,18,19). The van der Waals surface area contributed by atoms with E-state index in [0.29, 0.717) is 24.4 Å². The summed E-state index contributed by atoms with van der Waals surface area (Å²) < 4.78 is 5.39. The van der Waals surface area contributed by atoms with Gasteiger partial charge in [-0.25, -0.2) is 9.59 Å². The van der Waals surface area contributed by atoms with Gasteiger partial charge in [0.2, 0.25) is 0 Å². The Labute approximate surface area is 124 Å². The van der Waals surface area contributed by atoms with Gasteiger partial charge in [0, 0.05) is 19.3 Å². The van der Waals surface area contributed by atoms with Crippen LogP contribution in [0, 0.1) is 6.92 Å². The van der Waals surface area contributed by atoms with E-state index in [2.05, 4.69) is 5.32 Å². The van der Waals surface area contributed by atoms with Crippen LogP contribution in [0.3, 0.4) is 0 Å². The topological polar surface area (TPSA) is 78.9 Å². The molecule has 0 atom stereocenters. The molecular weight excluding hydrogens is 272 g/mol. The van der Waals surface area contributed by atoms with E-state index >= 15 is 0 Å². The molecule has 2 N–H and O–H groups in total. The first kappa shape index (κ1) is 17.0. The van der Waals surface area contributed by atoms with Crippen molar-refractivity contribution in [3.63, 3.8) is 0 Å². The number of hydrogen-bond acceptors (Lipinski definition) is 3. The van der Waals surface area contributed by atoms with Crippen molar-refractivity contribution in [2.45, 2.75) is 26.9 Å². The third kappa shape index (κ3) is 5.43. The van der Waals surface area contributed by atoms with Crippen LogP contribution in [0.1, 0.15) is 29.8 Å². The van der Waals surface area contributed by atoms with Crippen LogP contribution >= 0.6 is 0 Å². The molecule has 0 spiro atoms. The first-order chi connectivity index (χ1) is 9.81. The van der Waals surface area contributed by atoms with Crippen LogP contribution in [0.25, 0.3) is 0 Å². The summed E-state index contributed by atoms with van der Waals surface area (Å²) in [4.78, 5) is 24.4. The van der Waals surface area contributed by atoms with E-state index in [0.717, 1.165) is 0 Å². The van der Waals surface area contributed by atoms with Crippen LogP contribution in [0.15, 0.2) is 18.2 Å². The predicted octanol–water partition coefficient (Wildman–Crippen LogP) is 2.58. The van der Waals surface area contributed by atoms with Crippen molar-refractivity contribution in [1.29, 1.82) is 0 Å². The van der Waals surface area contributed by atoms with E-state index in [4.69, 9.17) is 9.84 Å². The fraction of sp³-hybridized carbons (Fsp3) is 0.467. The summed E-state index contributed by atoms with van der Waals surface area (Å²) in [6.45, 7) is 6.58. The summed E-state index contributed by atoms with van der Waals surface area (Å²) in [6.07, 6.45) is 0.132. The number of ether oxygens (including phenoxy) is 1. The number of carboxylic acids is 1. The lowest BCUT2D eigenvalue weighted by molar-refractivity contribution is 0.0689. The molecule has 0 saturated carbocycles. The molecule has 1 aromatic rings. The van der Waals surface area contributed by atoms with Gasteiger partial charge in [0.15, 0.2) is 0 Å². The van der Waals surface area contributed by atoms with Gasteiger partial charge in [-0.3, -0.25) is 0 Å². The monoisotopic (exact) mass is 294 g/mol. The second-order valence-corrected chi connectivity index (χ2v) is 5.11. The van der Waals surface area contributed by atoms with E-state index in [9.17, 15) is 9.59 Å². The average Bonchev–Trinajstić information content (AvgIpc) is 2.40. The number of nitrogens with one attached hydrogen (secondary N) is 1. The van der Waals surface area contributed by atoms with Gasteiger partial charge in [-0.15, -0.1) is 0 Å². The van der Waals surface area contributed by atoms with Crippen molar-refractivity contribution in [1.82, 2.24) is 4.90 Å². The van der Waals surface area contributed by atoms with Crippen LogP contribution in [0.4, 0.5) is 10.5 Å². The molecule has 0 aromatic heterocycles. The quantitative estimate of drug-likeness (QED) is 0.845. The zero-order valence-corrected chi connectivity index (χ0v) is 12.8. The lowest BCUT2D eigenvalue weighted by Gasteiger charge is -2.19. The lowest BCUT2D eigenvalue weighted by Crippen LogP contribution is -2.34. The van der Waals surface area contributed by atoms with Gasteiger partial charge in [-0.2, -0.15) is 0 Å². The van der Waals surface area contributed by atoms with Crippen molar-refractivity contribution in [2.24, 2.45) is 0 Å². The third-order valence-corrected chi connectivity index (χ3v) is 2.94. The maximum Gasteiger partial charge on any atom is 0.335 e. The molecule has 116 valence electrons. The molecule has 0 aliphatic carbocycles. The van der Waals surface area contributed by atoms with Gasteiger partial charge in [-0.1, -0.05) is 0 Å². The van der Waals surface area contributed by atoms with Crippen molar-refractivity contribution >= 4 is 17.7 Å². The van der Waals surface area contributed by atoms with E-state index < -0.39 is 5.97 Å². The fourth-order valence-corrected chi connectivity index (χ4v) is 1.67. The summed E-state index contributed by atoms with van der Waals surface area (Å²) >= 11 is 0. The Morgan fingerprint density at radius 1 is 1.38 bits per heavy atom. The second kappa shape index (κ2) is 7.64. The molecule has 0 fully saturated rings. The maximum absolute atomic E-state index is 12.0. The van der Waals surface area contributed by atoms with E-state index in [-0.39, 0.29) is 17.7 Å². The number of nitrogens with zero attached hydrogens (tertiary/aromatic N) is 1. The highest BCUT2D eigenvalue weighted by Crippen LogP contribution is 2.17. The number of urea groups is 1. The predicted molar refractivity (Wildman–Crippen MR) is 80.9 cm³/mol. The Balaban J connectivity index is 2.60. The van der Waals surface area contributed by atoms with Crippen LogP contribution in [-0.2, 0) is 4.74 Å². The van der Waals surface area contributed by atoms with Crippen LogP contribution < -0.4 is 5.32 Å². The molecular formula is C15H22N2O4.